The topological polar surface area (TPSA) is 85.4 Å². The first kappa shape index (κ1) is 28.6. The largest absolute Gasteiger partial charge is 0.394 e. The number of likely N-dealkylation sites (N-methyl/N-ethyl adjacent to an activating group) is 1. The number of ether oxygens (including phenoxy) is 1. The molecule has 6 aliphatic rings. The number of urea groups is 1. The average Bonchev–Trinajstić information content (AvgIpc) is 3.24. The van der Waals surface area contributed by atoms with Crippen LogP contribution in [0.15, 0.2) is 0 Å². The standard InChI is InChI=1S/C30H48F2N4O4/c1-34-24-13-22(40-2)11-12-23(24)26-27(34)25(14-37)36(28(38)18-3-5-19(31)6-4-18)17-30(26)15-35(16-30)29(39)33-21-9-7-20(32)8-10-21/h18-27,37H,3-17H2,1-2H3,(H,33,39)/t18?,19?,20?,21?,22?,23?,24?,25-,26?,27?/m1/s1. The highest BCUT2D eigenvalue weighted by Gasteiger charge is 2.67. The highest BCUT2D eigenvalue weighted by molar-refractivity contribution is 5.80. The van der Waals surface area contributed by atoms with Gasteiger partial charge in [0.05, 0.1) is 18.8 Å². The number of carbonyl (C=O) groups excluding carboxylic acids is 2. The summed E-state index contributed by atoms with van der Waals surface area (Å²) in [6.07, 6.45) is 5.92. The van der Waals surface area contributed by atoms with E-state index in [1.807, 2.05) is 9.80 Å². The van der Waals surface area contributed by atoms with Crippen LogP contribution in [0.2, 0.25) is 0 Å². The lowest BCUT2D eigenvalue weighted by atomic mass is 9.57. The third-order valence-electron chi connectivity index (χ3n) is 11.7. The van der Waals surface area contributed by atoms with Crippen LogP contribution in [-0.4, -0.2) is 115 Å². The van der Waals surface area contributed by atoms with Gasteiger partial charge in [0, 0.05) is 56.2 Å². The van der Waals surface area contributed by atoms with Gasteiger partial charge >= 0.3 is 6.03 Å². The van der Waals surface area contributed by atoms with Crippen LogP contribution in [0.5, 0.6) is 0 Å². The minimum Gasteiger partial charge on any atom is -0.394 e. The van der Waals surface area contributed by atoms with E-state index in [0.29, 0.717) is 83.0 Å². The number of nitrogens with zero attached hydrogens (tertiary/aromatic N) is 3. The van der Waals surface area contributed by atoms with E-state index < -0.39 is 12.3 Å². The van der Waals surface area contributed by atoms with Crippen LogP contribution in [0.25, 0.3) is 0 Å². The second kappa shape index (κ2) is 11.3. The zero-order valence-corrected chi connectivity index (χ0v) is 24.1. The Hall–Kier alpha value is -1.52. The molecule has 0 aromatic carbocycles. The summed E-state index contributed by atoms with van der Waals surface area (Å²) >= 11 is 0. The Morgan fingerprint density at radius 2 is 1.60 bits per heavy atom. The predicted octanol–water partition coefficient (Wildman–Crippen LogP) is 3.12. The molecule has 1 spiro atoms. The molecule has 6 fully saturated rings. The molecule has 0 aromatic rings. The molecule has 0 aromatic heterocycles. The number of halogens is 2. The molecular formula is C30H48F2N4O4. The van der Waals surface area contributed by atoms with E-state index in [-0.39, 0.29) is 60.0 Å². The lowest BCUT2D eigenvalue weighted by Gasteiger charge is -2.62. The maximum absolute atomic E-state index is 14.0. The number of carbonyl (C=O) groups is 2. The lowest BCUT2D eigenvalue weighted by Crippen LogP contribution is -2.75. The van der Waals surface area contributed by atoms with Crippen molar-refractivity contribution in [3.05, 3.63) is 0 Å². The van der Waals surface area contributed by atoms with Crippen LogP contribution >= 0.6 is 0 Å². The van der Waals surface area contributed by atoms with Crippen LogP contribution in [0.4, 0.5) is 13.6 Å². The molecule has 2 N–H and O–H groups in total. The van der Waals surface area contributed by atoms with Crippen molar-refractivity contribution in [1.29, 1.82) is 0 Å². The minimum absolute atomic E-state index is 0.0101. The summed E-state index contributed by atoms with van der Waals surface area (Å²) in [5.41, 5.74) is -0.231. The monoisotopic (exact) mass is 566 g/mol. The number of alkyl halides is 2. The SMILES string of the molecule is COC1CCC2C(C1)N(C)C1C2C2(CN(C(=O)NC3CCC(F)CC3)C2)CN(C(=O)C2CCC(F)CC2)[C@@H]1CO. The molecule has 6 rings (SSSR count). The summed E-state index contributed by atoms with van der Waals surface area (Å²) in [6.45, 7) is 1.61. The molecule has 0 bridgehead atoms. The van der Waals surface area contributed by atoms with Gasteiger partial charge in [-0.3, -0.25) is 9.69 Å². The van der Waals surface area contributed by atoms with Crippen molar-refractivity contribution in [3.63, 3.8) is 0 Å². The number of nitrogens with one attached hydrogen (secondary N) is 1. The molecule has 226 valence electrons. The summed E-state index contributed by atoms with van der Waals surface area (Å²) in [5.74, 6) is 0.549. The molecule has 3 saturated carbocycles. The molecule has 8 nitrogen and oxygen atoms in total. The number of hydrogen-bond donors (Lipinski definition) is 2. The first-order valence-corrected chi connectivity index (χ1v) is 15.7. The Labute approximate surface area is 237 Å². The van der Waals surface area contributed by atoms with Crippen molar-refractivity contribution in [1.82, 2.24) is 20.0 Å². The van der Waals surface area contributed by atoms with E-state index >= 15 is 0 Å². The number of aliphatic hydroxyl groups is 1. The summed E-state index contributed by atoms with van der Waals surface area (Å²) in [5, 5.41) is 13.9. The van der Waals surface area contributed by atoms with Crippen molar-refractivity contribution in [2.75, 3.05) is 40.4 Å². The lowest BCUT2D eigenvalue weighted by molar-refractivity contribution is -0.165. The molecule has 3 aliphatic heterocycles. The van der Waals surface area contributed by atoms with Gasteiger partial charge in [-0.05, 0) is 89.5 Å². The molecular weight excluding hydrogens is 518 g/mol. The van der Waals surface area contributed by atoms with Gasteiger partial charge < -0.3 is 25.0 Å². The highest BCUT2D eigenvalue weighted by atomic mass is 19.1. The number of rotatable bonds is 4. The molecule has 6 atom stereocenters. The maximum atomic E-state index is 14.0. The van der Waals surface area contributed by atoms with Crippen molar-refractivity contribution in [2.45, 2.75) is 113 Å². The second-order valence-corrected chi connectivity index (χ2v) is 13.9. The van der Waals surface area contributed by atoms with Gasteiger partial charge in [-0.1, -0.05) is 0 Å². The average molecular weight is 567 g/mol. The molecule has 3 saturated heterocycles. The van der Waals surface area contributed by atoms with Crippen molar-refractivity contribution in [3.8, 4) is 0 Å². The van der Waals surface area contributed by atoms with Crippen molar-refractivity contribution in [2.24, 2.45) is 23.2 Å². The van der Waals surface area contributed by atoms with Crippen LogP contribution in [-0.2, 0) is 9.53 Å². The van der Waals surface area contributed by atoms with Gasteiger partial charge in [-0.25, -0.2) is 13.6 Å². The number of amides is 3. The van der Waals surface area contributed by atoms with Gasteiger partial charge in [0.15, 0.2) is 0 Å². The molecule has 40 heavy (non-hydrogen) atoms. The van der Waals surface area contributed by atoms with E-state index in [9.17, 15) is 23.5 Å². The van der Waals surface area contributed by atoms with Crippen molar-refractivity contribution >= 4 is 11.9 Å². The third-order valence-corrected chi connectivity index (χ3v) is 11.7. The fraction of sp³-hybridized carbons (Fsp3) is 0.933. The predicted molar refractivity (Wildman–Crippen MR) is 146 cm³/mol. The van der Waals surface area contributed by atoms with Gasteiger partial charge in [0.25, 0.3) is 0 Å². The smallest absolute Gasteiger partial charge is 0.317 e. The van der Waals surface area contributed by atoms with Gasteiger partial charge in [-0.15, -0.1) is 0 Å². The van der Waals surface area contributed by atoms with Crippen molar-refractivity contribution < 1.29 is 28.2 Å². The zero-order chi connectivity index (χ0) is 28.2. The van der Waals surface area contributed by atoms with Gasteiger partial charge in [0.2, 0.25) is 5.91 Å². The van der Waals surface area contributed by atoms with Crippen LogP contribution in [0.3, 0.4) is 0 Å². The van der Waals surface area contributed by atoms with E-state index in [4.69, 9.17) is 4.74 Å². The molecule has 3 amide bonds. The van der Waals surface area contributed by atoms with Gasteiger partial charge in [0.1, 0.15) is 12.3 Å². The number of piperidine rings is 1. The number of likely N-dealkylation sites (tertiary alicyclic amines) is 3. The van der Waals surface area contributed by atoms with E-state index in [1.54, 1.807) is 7.11 Å². The van der Waals surface area contributed by atoms with Gasteiger partial charge in [-0.2, -0.15) is 0 Å². The Morgan fingerprint density at radius 3 is 2.23 bits per heavy atom. The number of fused-ring (bicyclic) bond motifs is 4. The fourth-order valence-electron chi connectivity index (χ4n) is 9.65. The minimum atomic E-state index is -0.828. The Morgan fingerprint density at radius 1 is 0.950 bits per heavy atom. The summed E-state index contributed by atoms with van der Waals surface area (Å²) in [6, 6.07) is -0.0456. The Bertz CT molecular complexity index is 935. The second-order valence-electron chi connectivity index (χ2n) is 13.9. The van der Waals surface area contributed by atoms with E-state index in [0.717, 1.165) is 19.3 Å². The molecule has 3 aliphatic carbocycles. The first-order chi connectivity index (χ1) is 19.2. The Kier molecular flexibility index (Phi) is 8.07. The molecule has 3 heterocycles. The van der Waals surface area contributed by atoms with Crippen LogP contribution < -0.4 is 5.32 Å². The van der Waals surface area contributed by atoms with E-state index in [2.05, 4.69) is 17.3 Å². The fourth-order valence-corrected chi connectivity index (χ4v) is 9.65. The summed E-state index contributed by atoms with van der Waals surface area (Å²) < 4.78 is 33.3. The number of aliphatic hydroxyl groups excluding tert-OH is 1. The maximum Gasteiger partial charge on any atom is 0.317 e. The number of methoxy groups -OCH3 is 1. The molecule has 10 heteroatoms. The first-order valence-electron chi connectivity index (χ1n) is 15.7. The normalized spacial score (nSPS) is 43.1. The summed E-state index contributed by atoms with van der Waals surface area (Å²) in [4.78, 5) is 33.5. The molecule has 0 radical (unpaired) electrons. The van der Waals surface area contributed by atoms with Crippen LogP contribution in [0.1, 0.15) is 70.6 Å². The highest BCUT2D eigenvalue weighted by Crippen LogP contribution is 2.58. The Balaban J connectivity index is 1.24. The van der Waals surface area contributed by atoms with Crippen LogP contribution in [0, 0.1) is 23.2 Å². The molecule has 5 unspecified atom stereocenters. The number of hydrogen-bond acceptors (Lipinski definition) is 5. The quantitative estimate of drug-likeness (QED) is 0.546. The van der Waals surface area contributed by atoms with E-state index in [1.165, 1.54) is 0 Å². The summed E-state index contributed by atoms with van der Waals surface area (Å²) in [7, 11) is 3.92. The zero-order valence-electron chi connectivity index (χ0n) is 24.1. The third kappa shape index (κ3) is 4.93.